The Morgan fingerprint density at radius 1 is 1.15 bits per heavy atom. The Morgan fingerprint density at radius 3 is 2.46 bits per heavy atom. The molecule has 26 heavy (non-hydrogen) atoms. The summed E-state index contributed by atoms with van der Waals surface area (Å²) in [6.07, 6.45) is 0.976. The van der Waals surface area contributed by atoms with Crippen LogP contribution < -0.4 is 4.74 Å². The minimum atomic E-state index is -0.976. The molecule has 1 heterocycles. The first kappa shape index (κ1) is 18.0. The van der Waals surface area contributed by atoms with Gasteiger partial charge in [-0.1, -0.05) is 31.2 Å². The quantitative estimate of drug-likeness (QED) is 0.613. The molecule has 2 aromatic carbocycles. The Bertz CT molecular complexity index is 875. The lowest BCUT2D eigenvalue weighted by molar-refractivity contribution is 0.0697. The van der Waals surface area contributed by atoms with E-state index in [2.05, 4.69) is 29.7 Å². The number of benzene rings is 2. The Balaban J connectivity index is 1.63. The van der Waals surface area contributed by atoms with Gasteiger partial charge in [0.25, 0.3) is 5.89 Å². The average molecular weight is 370 g/mol. The van der Waals surface area contributed by atoms with Crippen LogP contribution in [-0.2, 0) is 13.0 Å². The van der Waals surface area contributed by atoms with Gasteiger partial charge in [-0.25, -0.2) is 4.79 Å². The number of hydrogen-bond acceptors (Lipinski definition) is 6. The van der Waals surface area contributed by atoms with E-state index in [1.807, 2.05) is 24.3 Å². The van der Waals surface area contributed by atoms with Gasteiger partial charge in [0.15, 0.2) is 6.61 Å². The van der Waals surface area contributed by atoms with Gasteiger partial charge in [0.1, 0.15) is 11.0 Å². The van der Waals surface area contributed by atoms with E-state index < -0.39 is 11.2 Å². The number of ether oxygens (including phenoxy) is 1. The van der Waals surface area contributed by atoms with Crippen LogP contribution in [0.1, 0.15) is 45.4 Å². The molecule has 0 aliphatic heterocycles. The first-order chi connectivity index (χ1) is 12.6. The molecule has 3 aromatic rings. The Labute approximate surface area is 156 Å². The topological polar surface area (TPSA) is 85.5 Å². The second-order valence-electron chi connectivity index (χ2n) is 5.65. The molecule has 1 unspecified atom stereocenters. The van der Waals surface area contributed by atoms with Crippen molar-refractivity contribution in [2.24, 2.45) is 0 Å². The number of nitrogens with zero attached hydrogens (tertiary/aromatic N) is 2. The molecule has 3 rings (SSSR count). The van der Waals surface area contributed by atoms with Crippen LogP contribution in [0.5, 0.6) is 5.75 Å². The first-order valence-corrected chi connectivity index (χ1v) is 8.63. The molecule has 0 spiro atoms. The number of carboxylic acids is 1. The van der Waals surface area contributed by atoms with Crippen LogP contribution in [-0.4, -0.2) is 21.3 Å². The summed E-state index contributed by atoms with van der Waals surface area (Å²) < 4.78 is 11.3. The molecular formula is C19H18N2O4S. The van der Waals surface area contributed by atoms with Crippen molar-refractivity contribution in [1.29, 1.82) is 0 Å². The summed E-state index contributed by atoms with van der Waals surface area (Å²) in [5.74, 6) is 0.433. The smallest absolute Gasteiger partial charge is 0.335 e. The maximum atomic E-state index is 10.9. The molecule has 0 aliphatic carbocycles. The summed E-state index contributed by atoms with van der Waals surface area (Å²) in [4.78, 5) is 10.9. The lowest BCUT2D eigenvalue weighted by atomic mass is 10.1. The summed E-state index contributed by atoms with van der Waals surface area (Å²) in [5.41, 5.74) is 2.22. The maximum Gasteiger partial charge on any atom is 0.335 e. The summed E-state index contributed by atoms with van der Waals surface area (Å²) in [6.45, 7) is 2.26. The van der Waals surface area contributed by atoms with Gasteiger partial charge in [0.05, 0.1) is 5.56 Å². The molecule has 7 heteroatoms. The number of carbonyl (C=O) groups is 1. The highest BCUT2D eigenvalue weighted by molar-refractivity contribution is 7.80. The third kappa shape index (κ3) is 4.23. The highest BCUT2D eigenvalue weighted by atomic mass is 32.1. The first-order valence-electron chi connectivity index (χ1n) is 8.12. The molecule has 6 nitrogen and oxygen atoms in total. The predicted molar refractivity (Wildman–Crippen MR) is 98.7 cm³/mol. The van der Waals surface area contributed by atoms with E-state index >= 15 is 0 Å². The summed E-state index contributed by atoms with van der Waals surface area (Å²) in [7, 11) is 0. The second-order valence-corrected chi connectivity index (χ2v) is 6.17. The minimum absolute atomic E-state index is 0.164. The van der Waals surface area contributed by atoms with Gasteiger partial charge in [0.2, 0.25) is 5.89 Å². The van der Waals surface area contributed by atoms with Crippen LogP contribution in [0.3, 0.4) is 0 Å². The predicted octanol–water partition coefficient (Wildman–Crippen LogP) is 3.93. The van der Waals surface area contributed by atoms with Crippen molar-refractivity contribution in [2.75, 3.05) is 0 Å². The van der Waals surface area contributed by atoms with E-state index in [-0.39, 0.29) is 12.2 Å². The number of thiol groups is 1. The van der Waals surface area contributed by atoms with Crippen LogP contribution in [0, 0.1) is 0 Å². The molecule has 0 bridgehead atoms. The van der Waals surface area contributed by atoms with Gasteiger partial charge in [-0.05, 0) is 41.8 Å². The van der Waals surface area contributed by atoms with Crippen molar-refractivity contribution in [3.8, 4) is 5.75 Å². The van der Waals surface area contributed by atoms with Crippen molar-refractivity contribution in [3.05, 3.63) is 77.0 Å². The zero-order valence-corrected chi connectivity index (χ0v) is 15.0. The molecule has 1 aromatic heterocycles. The average Bonchev–Trinajstić information content (AvgIpc) is 3.15. The third-order valence-corrected chi connectivity index (χ3v) is 4.40. The van der Waals surface area contributed by atoms with E-state index in [9.17, 15) is 4.79 Å². The SMILES string of the molecule is CCc1ccc(OCc2nnc(C(S)c3ccc(C(=O)O)cc3)o2)cc1. The van der Waals surface area contributed by atoms with Gasteiger partial charge in [-0.2, -0.15) is 12.6 Å². The highest BCUT2D eigenvalue weighted by Gasteiger charge is 2.17. The van der Waals surface area contributed by atoms with E-state index in [1.165, 1.54) is 17.7 Å². The van der Waals surface area contributed by atoms with Crippen molar-refractivity contribution in [2.45, 2.75) is 25.2 Å². The lowest BCUT2D eigenvalue weighted by Gasteiger charge is -2.07. The van der Waals surface area contributed by atoms with Crippen molar-refractivity contribution in [3.63, 3.8) is 0 Å². The number of aryl methyl sites for hydroxylation is 1. The van der Waals surface area contributed by atoms with Crippen molar-refractivity contribution in [1.82, 2.24) is 10.2 Å². The molecule has 0 saturated carbocycles. The van der Waals surface area contributed by atoms with Crippen LogP contribution in [0.15, 0.2) is 52.9 Å². The number of aromatic carboxylic acids is 1. The minimum Gasteiger partial charge on any atom is -0.484 e. The standard InChI is InChI=1S/C19H18N2O4S/c1-2-12-3-9-15(10-4-12)24-11-16-20-21-18(25-16)17(26)13-5-7-14(8-6-13)19(22)23/h3-10,17,26H,2,11H2,1H3,(H,22,23). The molecule has 0 radical (unpaired) electrons. The van der Waals surface area contributed by atoms with Gasteiger partial charge < -0.3 is 14.3 Å². The zero-order valence-electron chi connectivity index (χ0n) is 14.1. The molecule has 0 saturated heterocycles. The van der Waals surface area contributed by atoms with Crippen molar-refractivity contribution >= 4 is 18.6 Å². The lowest BCUT2D eigenvalue weighted by Crippen LogP contribution is -1.98. The van der Waals surface area contributed by atoms with E-state index in [1.54, 1.807) is 12.1 Å². The van der Waals surface area contributed by atoms with Gasteiger partial charge >= 0.3 is 5.97 Å². The monoisotopic (exact) mass is 370 g/mol. The molecule has 134 valence electrons. The van der Waals surface area contributed by atoms with Gasteiger partial charge in [0, 0.05) is 0 Å². The molecule has 0 fully saturated rings. The summed E-state index contributed by atoms with van der Waals surface area (Å²) >= 11 is 4.48. The van der Waals surface area contributed by atoms with E-state index in [0.717, 1.165) is 17.7 Å². The summed E-state index contributed by atoms with van der Waals surface area (Å²) in [5, 5.41) is 16.5. The van der Waals surface area contributed by atoms with Crippen molar-refractivity contribution < 1.29 is 19.1 Å². The third-order valence-electron chi connectivity index (χ3n) is 3.88. The molecule has 0 amide bonds. The number of rotatable bonds is 7. The van der Waals surface area contributed by atoms with Gasteiger partial charge in [-0.3, -0.25) is 0 Å². The normalized spacial score (nSPS) is 11.9. The molecule has 1 atom stereocenters. The second kappa shape index (κ2) is 8.05. The Hall–Kier alpha value is -2.80. The van der Waals surface area contributed by atoms with Crippen LogP contribution in [0.2, 0.25) is 0 Å². The number of aromatic nitrogens is 2. The molecule has 1 N–H and O–H groups in total. The molecule has 0 aliphatic rings. The highest BCUT2D eigenvalue weighted by Crippen LogP contribution is 2.27. The van der Waals surface area contributed by atoms with E-state index in [0.29, 0.717) is 11.8 Å². The maximum absolute atomic E-state index is 10.9. The van der Waals surface area contributed by atoms with Crippen LogP contribution >= 0.6 is 12.6 Å². The fourth-order valence-electron chi connectivity index (χ4n) is 2.35. The van der Waals surface area contributed by atoms with Crippen LogP contribution in [0.25, 0.3) is 0 Å². The summed E-state index contributed by atoms with van der Waals surface area (Å²) in [6, 6.07) is 14.2. The number of carboxylic acid groups (broad SMARTS) is 1. The van der Waals surface area contributed by atoms with E-state index in [4.69, 9.17) is 14.3 Å². The molecular weight excluding hydrogens is 352 g/mol. The van der Waals surface area contributed by atoms with Crippen LogP contribution in [0.4, 0.5) is 0 Å². The fraction of sp³-hybridized carbons (Fsp3) is 0.211. The Morgan fingerprint density at radius 2 is 1.85 bits per heavy atom. The fourth-order valence-corrected chi connectivity index (χ4v) is 2.63. The zero-order chi connectivity index (χ0) is 18.5. The van der Waals surface area contributed by atoms with Gasteiger partial charge in [-0.15, -0.1) is 10.2 Å². The Kier molecular flexibility index (Phi) is 5.58. The number of hydrogen-bond donors (Lipinski definition) is 2. The largest absolute Gasteiger partial charge is 0.484 e.